The van der Waals surface area contributed by atoms with Crippen molar-refractivity contribution in [1.29, 1.82) is 0 Å². The molecule has 1 heterocycles. The number of rotatable bonds is 8. The topological polar surface area (TPSA) is 60.5 Å². The highest BCUT2D eigenvalue weighted by atomic mass is 79.9. The first kappa shape index (κ1) is 17.3. The van der Waals surface area contributed by atoms with Gasteiger partial charge in [0, 0.05) is 28.8 Å². The first-order chi connectivity index (χ1) is 11.2. The van der Waals surface area contributed by atoms with E-state index in [-0.39, 0.29) is 5.91 Å². The maximum atomic E-state index is 11.9. The third-order valence-corrected chi connectivity index (χ3v) is 3.58. The van der Waals surface area contributed by atoms with Crippen molar-refractivity contribution in [2.24, 2.45) is 0 Å². The van der Waals surface area contributed by atoms with Crippen LogP contribution in [0.5, 0.6) is 11.6 Å². The molecule has 1 amide bonds. The summed E-state index contributed by atoms with van der Waals surface area (Å²) in [7, 11) is 1.54. The summed E-state index contributed by atoms with van der Waals surface area (Å²) in [5.41, 5.74) is 0.687. The van der Waals surface area contributed by atoms with Gasteiger partial charge in [-0.15, -0.1) is 0 Å². The van der Waals surface area contributed by atoms with Gasteiger partial charge >= 0.3 is 0 Å². The Hall–Kier alpha value is -2.08. The zero-order valence-electron chi connectivity index (χ0n) is 12.9. The van der Waals surface area contributed by atoms with Gasteiger partial charge in [0.25, 0.3) is 0 Å². The van der Waals surface area contributed by atoms with Gasteiger partial charge in [-0.05, 0) is 37.1 Å². The molecule has 0 bridgehead atoms. The van der Waals surface area contributed by atoms with E-state index in [1.807, 2.05) is 24.3 Å². The van der Waals surface area contributed by atoms with Gasteiger partial charge in [-0.25, -0.2) is 4.98 Å². The lowest BCUT2D eigenvalue weighted by molar-refractivity contribution is -0.116. The van der Waals surface area contributed by atoms with Gasteiger partial charge in [-0.3, -0.25) is 4.79 Å². The Bertz CT molecular complexity index is 649. The van der Waals surface area contributed by atoms with E-state index in [1.54, 1.807) is 25.4 Å². The van der Waals surface area contributed by atoms with E-state index < -0.39 is 0 Å². The van der Waals surface area contributed by atoms with E-state index >= 15 is 0 Å². The molecule has 6 heteroatoms. The van der Waals surface area contributed by atoms with E-state index in [9.17, 15) is 4.79 Å². The predicted octanol–water partition coefficient (Wildman–Crippen LogP) is 4.04. The minimum Gasteiger partial charge on any atom is -0.494 e. The van der Waals surface area contributed by atoms with Crippen molar-refractivity contribution in [2.45, 2.75) is 19.3 Å². The third-order valence-electron chi connectivity index (χ3n) is 3.09. The average molecular weight is 379 g/mol. The van der Waals surface area contributed by atoms with Crippen molar-refractivity contribution >= 4 is 27.5 Å². The van der Waals surface area contributed by atoms with Crippen LogP contribution in [0.1, 0.15) is 19.3 Å². The molecular formula is C17H19BrN2O3. The molecule has 5 nitrogen and oxygen atoms in total. The molecule has 0 atom stereocenters. The maximum absolute atomic E-state index is 11.9. The molecule has 0 spiro atoms. The summed E-state index contributed by atoms with van der Waals surface area (Å²) < 4.78 is 11.6. The Morgan fingerprint density at radius 2 is 2.13 bits per heavy atom. The molecule has 2 rings (SSSR count). The van der Waals surface area contributed by atoms with Crippen molar-refractivity contribution < 1.29 is 14.3 Å². The number of amides is 1. The largest absolute Gasteiger partial charge is 0.494 e. The molecule has 1 aromatic heterocycles. The van der Waals surface area contributed by atoms with Gasteiger partial charge in [0.1, 0.15) is 5.75 Å². The molecule has 0 fully saturated rings. The number of hydrogen-bond donors (Lipinski definition) is 1. The minimum atomic E-state index is -0.0271. The number of aromatic nitrogens is 1. The van der Waals surface area contributed by atoms with Gasteiger partial charge < -0.3 is 14.8 Å². The summed E-state index contributed by atoms with van der Waals surface area (Å²) in [5, 5.41) is 2.83. The van der Waals surface area contributed by atoms with Gasteiger partial charge in [0.15, 0.2) is 0 Å². The lowest BCUT2D eigenvalue weighted by Crippen LogP contribution is -2.11. The number of nitrogens with one attached hydrogen (secondary N) is 1. The zero-order valence-corrected chi connectivity index (χ0v) is 14.5. The van der Waals surface area contributed by atoms with Crippen LogP contribution < -0.4 is 14.8 Å². The molecule has 0 saturated carbocycles. The molecule has 0 aliphatic heterocycles. The smallest absolute Gasteiger partial charge is 0.224 e. The van der Waals surface area contributed by atoms with Crippen LogP contribution in [0.4, 0.5) is 5.69 Å². The Kier molecular flexibility index (Phi) is 6.87. The summed E-state index contributed by atoms with van der Waals surface area (Å²) in [4.78, 5) is 15.9. The number of hydrogen-bond acceptors (Lipinski definition) is 4. The van der Waals surface area contributed by atoms with Crippen LogP contribution in [-0.4, -0.2) is 24.6 Å². The van der Waals surface area contributed by atoms with Crippen LogP contribution in [0, 0.1) is 0 Å². The molecule has 2 aromatic rings. The number of nitrogens with zero attached hydrogens (tertiary/aromatic N) is 1. The number of pyridine rings is 1. The van der Waals surface area contributed by atoms with Crippen LogP contribution in [0.15, 0.2) is 47.1 Å². The minimum absolute atomic E-state index is 0.0271. The molecule has 23 heavy (non-hydrogen) atoms. The SMILES string of the molecule is COc1cc(NC(=O)CCCCOc2cccc(Br)c2)ccn1. The van der Waals surface area contributed by atoms with Crippen molar-refractivity contribution in [1.82, 2.24) is 4.98 Å². The quantitative estimate of drug-likeness (QED) is 0.704. The fraction of sp³-hybridized carbons (Fsp3) is 0.294. The summed E-state index contributed by atoms with van der Waals surface area (Å²) in [5.74, 6) is 1.28. The van der Waals surface area contributed by atoms with E-state index in [0.717, 1.165) is 23.1 Å². The highest BCUT2D eigenvalue weighted by Crippen LogP contribution is 2.18. The number of benzene rings is 1. The highest BCUT2D eigenvalue weighted by molar-refractivity contribution is 9.10. The fourth-order valence-electron chi connectivity index (χ4n) is 1.96. The number of unbranched alkanes of at least 4 members (excludes halogenated alkanes) is 1. The molecule has 1 N–H and O–H groups in total. The Morgan fingerprint density at radius 1 is 1.26 bits per heavy atom. The van der Waals surface area contributed by atoms with Crippen molar-refractivity contribution in [3.8, 4) is 11.6 Å². The van der Waals surface area contributed by atoms with E-state index in [1.165, 1.54) is 0 Å². The Balaban J connectivity index is 1.64. The number of anilines is 1. The van der Waals surface area contributed by atoms with Crippen molar-refractivity contribution in [3.05, 3.63) is 47.1 Å². The Labute approximate surface area is 144 Å². The third kappa shape index (κ3) is 6.28. The Morgan fingerprint density at radius 3 is 2.91 bits per heavy atom. The summed E-state index contributed by atoms with van der Waals surface area (Å²) in [6.45, 7) is 0.590. The van der Waals surface area contributed by atoms with Gasteiger partial charge in [0.2, 0.25) is 11.8 Å². The molecule has 0 aliphatic carbocycles. The fourth-order valence-corrected chi connectivity index (χ4v) is 2.33. The van der Waals surface area contributed by atoms with Crippen molar-refractivity contribution in [2.75, 3.05) is 19.0 Å². The first-order valence-corrected chi connectivity index (χ1v) is 8.15. The van der Waals surface area contributed by atoms with Crippen LogP contribution in [0.3, 0.4) is 0 Å². The highest BCUT2D eigenvalue weighted by Gasteiger charge is 2.04. The van der Waals surface area contributed by atoms with Gasteiger partial charge in [-0.1, -0.05) is 22.0 Å². The lowest BCUT2D eigenvalue weighted by atomic mass is 10.2. The summed E-state index contributed by atoms with van der Waals surface area (Å²) in [6.07, 6.45) is 3.63. The normalized spacial score (nSPS) is 10.2. The summed E-state index contributed by atoms with van der Waals surface area (Å²) in [6, 6.07) is 11.1. The monoisotopic (exact) mass is 378 g/mol. The summed E-state index contributed by atoms with van der Waals surface area (Å²) >= 11 is 3.40. The molecule has 0 radical (unpaired) electrons. The molecule has 1 aromatic carbocycles. The van der Waals surface area contributed by atoms with Crippen LogP contribution >= 0.6 is 15.9 Å². The number of halogens is 1. The number of carbonyl (C=O) groups excluding carboxylic acids is 1. The zero-order chi connectivity index (χ0) is 16.5. The van der Waals surface area contributed by atoms with Crippen molar-refractivity contribution in [3.63, 3.8) is 0 Å². The standard InChI is InChI=1S/C17H19BrN2O3/c1-22-17-12-14(8-9-19-17)20-16(21)7-2-3-10-23-15-6-4-5-13(18)11-15/h4-6,8-9,11-12H,2-3,7,10H2,1H3,(H,19,20,21). The predicted molar refractivity (Wildman–Crippen MR) is 92.9 cm³/mol. The van der Waals surface area contributed by atoms with Crippen LogP contribution in [-0.2, 0) is 4.79 Å². The number of ether oxygens (including phenoxy) is 2. The van der Waals surface area contributed by atoms with E-state index in [0.29, 0.717) is 24.6 Å². The molecular weight excluding hydrogens is 360 g/mol. The molecule has 0 aliphatic rings. The molecule has 122 valence electrons. The van der Waals surface area contributed by atoms with Gasteiger partial charge in [0.05, 0.1) is 13.7 Å². The van der Waals surface area contributed by atoms with Gasteiger partial charge in [-0.2, -0.15) is 0 Å². The van der Waals surface area contributed by atoms with Crippen LogP contribution in [0.2, 0.25) is 0 Å². The molecule has 0 unspecified atom stereocenters. The second-order valence-corrected chi connectivity index (χ2v) is 5.81. The first-order valence-electron chi connectivity index (χ1n) is 7.35. The van der Waals surface area contributed by atoms with Crippen LogP contribution in [0.25, 0.3) is 0 Å². The van der Waals surface area contributed by atoms with E-state index in [4.69, 9.17) is 9.47 Å². The lowest BCUT2D eigenvalue weighted by Gasteiger charge is -2.07. The van der Waals surface area contributed by atoms with E-state index in [2.05, 4.69) is 26.2 Å². The second kappa shape index (κ2) is 9.15. The molecule has 0 saturated heterocycles. The maximum Gasteiger partial charge on any atom is 0.224 e. The average Bonchev–Trinajstić information content (AvgIpc) is 2.55. The number of carbonyl (C=O) groups is 1. The number of methoxy groups -OCH3 is 1. The second-order valence-electron chi connectivity index (χ2n) is 4.90.